The Labute approximate surface area is 198 Å². The normalized spacial score (nSPS) is 17.6. The molecule has 1 fully saturated rings. The molecule has 1 aromatic rings. The number of nitrogens with one attached hydrogen (secondary N) is 2. The number of likely N-dealkylation sites (tertiary alicyclic amines) is 1. The largest absolute Gasteiger partial charge is 0.383 e. The van der Waals surface area contributed by atoms with Crippen molar-refractivity contribution >= 4 is 40.0 Å². The Morgan fingerprint density at radius 3 is 2.83 bits per heavy atom. The third-order valence-corrected chi connectivity index (χ3v) is 6.68. The minimum atomic E-state index is -3.54. The molecule has 1 heterocycles. The van der Waals surface area contributed by atoms with Crippen LogP contribution in [0.1, 0.15) is 25.3 Å². The number of rotatable bonds is 10. The molecule has 0 bridgehead atoms. The lowest BCUT2D eigenvalue weighted by Gasteiger charge is -2.29. The van der Waals surface area contributed by atoms with E-state index >= 15 is 0 Å². The van der Waals surface area contributed by atoms with E-state index in [1.807, 2.05) is 13.1 Å². The van der Waals surface area contributed by atoms with Gasteiger partial charge in [-0.05, 0) is 43.6 Å². The van der Waals surface area contributed by atoms with Crippen LogP contribution in [0.15, 0.2) is 34.2 Å². The summed E-state index contributed by atoms with van der Waals surface area (Å²) in [6, 6.07) is 7.50. The zero-order valence-corrected chi connectivity index (χ0v) is 21.6. The molecule has 1 saturated heterocycles. The summed E-state index contributed by atoms with van der Waals surface area (Å²) in [5.41, 5.74) is 0.880. The summed E-state index contributed by atoms with van der Waals surface area (Å²) in [5, 5.41) is 3.35. The van der Waals surface area contributed by atoms with E-state index in [0.29, 0.717) is 19.2 Å². The van der Waals surface area contributed by atoms with Crippen LogP contribution in [0, 0.1) is 0 Å². The first-order valence-electron chi connectivity index (χ1n) is 10.1. The lowest BCUT2D eigenvalue weighted by Crippen LogP contribution is -2.45. The van der Waals surface area contributed by atoms with E-state index in [1.54, 1.807) is 25.2 Å². The van der Waals surface area contributed by atoms with Crippen molar-refractivity contribution in [2.45, 2.75) is 37.2 Å². The van der Waals surface area contributed by atoms with Crippen molar-refractivity contribution in [2.75, 3.05) is 54.0 Å². The molecule has 1 aromatic carbocycles. The van der Waals surface area contributed by atoms with Crippen LogP contribution in [0.25, 0.3) is 0 Å². The third kappa shape index (κ3) is 7.95. The maximum atomic E-state index is 12.4. The summed E-state index contributed by atoms with van der Waals surface area (Å²) in [7, 11) is 1.81. The summed E-state index contributed by atoms with van der Waals surface area (Å²) in [6.45, 7) is 6.45. The summed E-state index contributed by atoms with van der Waals surface area (Å²) < 4.78 is 32.2. The number of aliphatic imine (C=N–C) groups is 1. The molecule has 1 aliphatic rings. The maximum Gasteiger partial charge on any atom is 0.240 e. The van der Waals surface area contributed by atoms with E-state index in [-0.39, 0.29) is 35.4 Å². The molecule has 1 atom stereocenters. The molecule has 0 aromatic heterocycles. The highest BCUT2D eigenvalue weighted by Crippen LogP contribution is 2.17. The monoisotopic (exact) mass is 553 g/mol. The lowest BCUT2D eigenvalue weighted by atomic mass is 10.2. The highest BCUT2D eigenvalue weighted by molar-refractivity contribution is 14.0. The van der Waals surface area contributed by atoms with Crippen LogP contribution < -0.4 is 10.0 Å². The second kappa shape index (κ2) is 13.5. The highest BCUT2D eigenvalue weighted by atomic mass is 127. The van der Waals surface area contributed by atoms with Crippen molar-refractivity contribution in [3.63, 3.8) is 0 Å². The molecule has 0 saturated carbocycles. The maximum absolute atomic E-state index is 12.4. The average Bonchev–Trinajstić information content (AvgIpc) is 3.16. The van der Waals surface area contributed by atoms with E-state index in [0.717, 1.165) is 24.6 Å². The summed E-state index contributed by atoms with van der Waals surface area (Å²) in [5.74, 6) is 0.805. The zero-order valence-electron chi connectivity index (χ0n) is 18.4. The number of benzene rings is 1. The topological polar surface area (TPSA) is 86.3 Å². The fourth-order valence-electron chi connectivity index (χ4n) is 3.67. The number of guanidine groups is 1. The number of ether oxygens (including phenoxy) is 1. The van der Waals surface area contributed by atoms with Crippen molar-refractivity contribution in [1.82, 2.24) is 19.8 Å². The number of hydrogen-bond acceptors (Lipinski definition) is 5. The van der Waals surface area contributed by atoms with Gasteiger partial charge in [0.05, 0.1) is 11.5 Å². The average molecular weight is 554 g/mol. The van der Waals surface area contributed by atoms with E-state index < -0.39 is 10.0 Å². The van der Waals surface area contributed by atoms with E-state index in [9.17, 15) is 8.42 Å². The van der Waals surface area contributed by atoms with Crippen LogP contribution in [0.2, 0.25) is 0 Å². The Bertz CT molecular complexity index is 775. The van der Waals surface area contributed by atoms with E-state index in [1.165, 1.54) is 26.5 Å². The van der Waals surface area contributed by atoms with Gasteiger partial charge in [-0.1, -0.05) is 19.1 Å². The van der Waals surface area contributed by atoms with Gasteiger partial charge >= 0.3 is 0 Å². The van der Waals surface area contributed by atoms with Crippen molar-refractivity contribution in [1.29, 1.82) is 0 Å². The minimum Gasteiger partial charge on any atom is -0.383 e. The Morgan fingerprint density at radius 1 is 1.40 bits per heavy atom. The van der Waals surface area contributed by atoms with E-state index in [4.69, 9.17) is 4.74 Å². The number of halogens is 1. The van der Waals surface area contributed by atoms with Crippen molar-refractivity contribution < 1.29 is 13.2 Å². The first-order valence-corrected chi connectivity index (χ1v) is 11.6. The van der Waals surface area contributed by atoms with Gasteiger partial charge in [-0.2, -0.15) is 0 Å². The molecule has 0 amide bonds. The second-order valence-electron chi connectivity index (χ2n) is 7.24. The molecular weight excluding hydrogens is 517 g/mol. The van der Waals surface area contributed by atoms with Gasteiger partial charge in [-0.25, -0.2) is 13.1 Å². The zero-order chi connectivity index (χ0) is 21.3. The summed E-state index contributed by atoms with van der Waals surface area (Å²) in [4.78, 5) is 9.29. The Hall–Kier alpha value is -0.950. The fourth-order valence-corrected chi connectivity index (χ4v) is 4.75. The Balaban J connectivity index is 0.00000450. The number of likely N-dealkylation sites (N-methyl/N-ethyl adjacent to an activating group) is 2. The first kappa shape index (κ1) is 27.1. The molecule has 2 N–H and O–H groups in total. The lowest BCUT2D eigenvalue weighted by molar-refractivity contribution is 0.204. The molecule has 0 aliphatic carbocycles. The third-order valence-electron chi connectivity index (χ3n) is 5.22. The molecular formula is C20H36IN5O3S. The Morgan fingerprint density at radius 2 is 2.17 bits per heavy atom. The van der Waals surface area contributed by atoms with Gasteiger partial charge in [0.25, 0.3) is 0 Å². The van der Waals surface area contributed by atoms with Gasteiger partial charge in [0.2, 0.25) is 10.0 Å². The molecule has 0 spiro atoms. The van der Waals surface area contributed by atoms with Gasteiger partial charge in [-0.3, -0.25) is 9.89 Å². The molecule has 8 nitrogen and oxygen atoms in total. The number of methoxy groups -OCH3 is 1. The summed E-state index contributed by atoms with van der Waals surface area (Å²) >= 11 is 0. The van der Waals surface area contributed by atoms with Gasteiger partial charge in [-0.15, -0.1) is 24.0 Å². The minimum absolute atomic E-state index is 0. The number of hydrogen-bond donors (Lipinski definition) is 2. The number of nitrogens with zero attached hydrogens (tertiary/aromatic N) is 3. The van der Waals surface area contributed by atoms with Crippen LogP contribution in [-0.2, 0) is 21.3 Å². The van der Waals surface area contributed by atoms with E-state index in [2.05, 4.69) is 31.8 Å². The molecule has 172 valence electrons. The predicted octanol–water partition coefficient (Wildman–Crippen LogP) is 1.72. The standard InChI is InChI=1S/C20H35N5O3S.HI/c1-5-25-12-7-9-18(25)16-24(3)20(21-2)22-15-17-8-6-10-19(14-17)29(26,27)23-11-13-28-4;/h6,8,10,14,18,23H,5,7,9,11-13,15-16H2,1-4H3,(H,21,22);1H. The van der Waals surface area contributed by atoms with Crippen LogP contribution >= 0.6 is 24.0 Å². The van der Waals surface area contributed by atoms with Crippen molar-refractivity contribution in [3.05, 3.63) is 29.8 Å². The molecule has 1 unspecified atom stereocenters. The van der Waals surface area contributed by atoms with Crippen LogP contribution in [-0.4, -0.2) is 84.2 Å². The molecule has 10 heteroatoms. The van der Waals surface area contributed by atoms with Gasteiger partial charge in [0.15, 0.2) is 5.96 Å². The molecule has 0 radical (unpaired) electrons. The smallest absolute Gasteiger partial charge is 0.240 e. The highest BCUT2D eigenvalue weighted by Gasteiger charge is 2.25. The first-order chi connectivity index (χ1) is 13.9. The Kier molecular flexibility index (Phi) is 12.2. The van der Waals surface area contributed by atoms with Gasteiger partial charge in [0.1, 0.15) is 0 Å². The quantitative estimate of drug-likeness (QED) is 0.199. The fraction of sp³-hybridized carbons (Fsp3) is 0.650. The molecule has 2 rings (SSSR count). The number of sulfonamides is 1. The van der Waals surface area contributed by atoms with Crippen LogP contribution in [0.4, 0.5) is 0 Å². The van der Waals surface area contributed by atoms with Crippen molar-refractivity contribution in [2.24, 2.45) is 4.99 Å². The van der Waals surface area contributed by atoms with Crippen LogP contribution in [0.5, 0.6) is 0 Å². The SMILES string of the molecule is CCN1CCCC1CN(C)C(=NC)NCc1cccc(S(=O)(=O)NCCOC)c1.I. The second-order valence-corrected chi connectivity index (χ2v) is 9.01. The van der Waals surface area contributed by atoms with Gasteiger partial charge < -0.3 is 15.0 Å². The molecule has 1 aliphatic heterocycles. The molecule has 30 heavy (non-hydrogen) atoms. The van der Waals surface area contributed by atoms with Crippen molar-refractivity contribution in [3.8, 4) is 0 Å². The summed E-state index contributed by atoms with van der Waals surface area (Å²) in [6.07, 6.45) is 2.46. The predicted molar refractivity (Wildman–Crippen MR) is 132 cm³/mol. The van der Waals surface area contributed by atoms with Gasteiger partial charge in [0, 0.05) is 46.9 Å². The van der Waals surface area contributed by atoms with Crippen LogP contribution in [0.3, 0.4) is 0 Å².